The molecule has 0 saturated carbocycles. The number of para-hydroxylation sites is 2. The van der Waals surface area contributed by atoms with E-state index in [2.05, 4.69) is 354 Å². The average Bonchev–Trinajstić information content (AvgIpc) is 0.698. The monoisotopic (exact) mass is 1200 g/mol. The molecule has 0 fully saturated rings. The van der Waals surface area contributed by atoms with Crippen LogP contribution < -0.4 is 31.1 Å². The molecule has 3 nitrogen and oxygen atoms in total. The first-order valence-corrected chi connectivity index (χ1v) is 33.1. The third-order valence-electron chi connectivity index (χ3n) is 20.7. The molecule has 0 atom stereocenters. The summed E-state index contributed by atoms with van der Waals surface area (Å²) in [4.78, 5) is 7.68. The Morgan fingerprint density at radius 3 is 1.05 bits per heavy atom. The maximum Gasteiger partial charge on any atom is 0.252 e. The molecule has 0 aromatic heterocycles. The van der Waals surface area contributed by atoms with Gasteiger partial charge in [0.15, 0.2) is 0 Å². The van der Waals surface area contributed by atoms with E-state index in [9.17, 15) is 0 Å². The summed E-state index contributed by atoms with van der Waals surface area (Å²) < 4.78 is 0. The molecular formula is C91H58BN3. The van der Waals surface area contributed by atoms with Gasteiger partial charge in [0.1, 0.15) is 0 Å². The van der Waals surface area contributed by atoms with Crippen molar-refractivity contribution in [3.8, 4) is 11.1 Å². The Labute approximate surface area is 550 Å². The second-order valence-electron chi connectivity index (χ2n) is 25.8. The molecule has 2 heterocycles. The lowest BCUT2D eigenvalue weighted by atomic mass is 9.33. The van der Waals surface area contributed by atoms with Gasteiger partial charge in [-0.25, -0.2) is 0 Å². The van der Waals surface area contributed by atoms with Gasteiger partial charge in [0.2, 0.25) is 0 Å². The number of nitrogens with zero attached hydrogens (tertiary/aromatic N) is 3. The van der Waals surface area contributed by atoms with E-state index in [-0.39, 0.29) is 6.71 Å². The van der Waals surface area contributed by atoms with Gasteiger partial charge in [0, 0.05) is 51.2 Å². The Morgan fingerprint density at radius 2 is 0.600 bits per heavy atom. The molecule has 0 spiro atoms. The van der Waals surface area contributed by atoms with Gasteiger partial charge in [-0.15, -0.1) is 0 Å². The molecule has 95 heavy (non-hydrogen) atoms. The fourth-order valence-electron chi connectivity index (χ4n) is 16.6. The van der Waals surface area contributed by atoms with Crippen molar-refractivity contribution >= 4 is 171 Å². The van der Waals surface area contributed by atoms with Crippen LogP contribution in [0.15, 0.2) is 340 Å². The van der Waals surface area contributed by atoms with E-state index in [0.717, 1.165) is 39.8 Å². The molecule has 18 aromatic rings. The first-order chi connectivity index (χ1) is 47.1. The summed E-state index contributed by atoms with van der Waals surface area (Å²) in [5, 5.41) is 22.7. The van der Waals surface area contributed by atoms with Crippen LogP contribution in [-0.2, 0) is 6.42 Å². The Morgan fingerprint density at radius 1 is 0.221 bits per heavy atom. The summed E-state index contributed by atoms with van der Waals surface area (Å²) in [5.74, 6) is 0. The fraction of sp³-hybridized carbons (Fsp3) is 0.0110. The van der Waals surface area contributed by atoms with E-state index in [1.54, 1.807) is 0 Å². The van der Waals surface area contributed by atoms with Crippen LogP contribution in [0.25, 0.3) is 108 Å². The van der Waals surface area contributed by atoms with E-state index in [1.165, 1.54) is 147 Å². The molecule has 2 aliphatic rings. The van der Waals surface area contributed by atoms with Crippen molar-refractivity contribution in [2.45, 2.75) is 6.42 Å². The number of hydrogen-bond acceptors (Lipinski definition) is 3. The summed E-state index contributed by atoms with van der Waals surface area (Å²) in [7, 11) is 0. The van der Waals surface area contributed by atoms with Gasteiger partial charge in [-0.05, 0) is 221 Å². The van der Waals surface area contributed by atoms with Crippen molar-refractivity contribution in [1.29, 1.82) is 0 Å². The van der Waals surface area contributed by atoms with Crippen LogP contribution in [0.3, 0.4) is 0 Å². The maximum atomic E-state index is 2.64. The van der Waals surface area contributed by atoms with Crippen LogP contribution in [-0.4, -0.2) is 6.71 Å². The minimum Gasteiger partial charge on any atom is -0.311 e. The van der Waals surface area contributed by atoms with Crippen LogP contribution >= 0.6 is 0 Å². The second kappa shape index (κ2) is 21.2. The zero-order valence-electron chi connectivity index (χ0n) is 52.0. The molecule has 18 aromatic carbocycles. The van der Waals surface area contributed by atoms with Gasteiger partial charge < -0.3 is 14.7 Å². The van der Waals surface area contributed by atoms with Crippen LogP contribution in [0.1, 0.15) is 11.1 Å². The van der Waals surface area contributed by atoms with Crippen molar-refractivity contribution < 1.29 is 0 Å². The second-order valence-corrected chi connectivity index (χ2v) is 25.8. The molecule has 0 radical (unpaired) electrons. The number of fused-ring (bicyclic) bond motifs is 22. The van der Waals surface area contributed by atoms with Gasteiger partial charge in [-0.1, -0.05) is 261 Å². The topological polar surface area (TPSA) is 9.72 Å². The quantitative estimate of drug-likeness (QED) is 0.111. The van der Waals surface area contributed by atoms with Crippen molar-refractivity contribution in [2.75, 3.05) is 14.7 Å². The lowest BCUT2D eigenvalue weighted by Gasteiger charge is -2.45. The normalized spacial score (nSPS) is 12.6. The van der Waals surface area contributed by atoms with Gasteiger partial charge in [-0.3, -0.25) is 0 Å². The van der Waals surface area contributed by atoms with Crippen molar-refractivity contribution in [1.82, 2.24) is 0 Å². The smallest absolute Gasteiger partial charge is 0.252 e. The predicted octanol–water partition coefficient (Wildman–Crippen LogP) is 22.9. The number of rotatable bonds is 8. The number of hydrogen-bond donors (Lipinski definition) is 0. The van der Waals surface area contributed by atoms with Crippen molar-refractivity contribution in [2.24, 2.45) is 0 Å². The molecule has 0 N–H and O–H groups in total. The van der Waals surface area contributed by atoms with Crippen LogP contribution in [0.5, 0.6) is 0 Å². The van der Waals surface area contributed by atoms with E-state index in [0.29, 0.717) is 6.42 Å². The molecule has 20 rings (SSSR count). The van der Waals surface area contributed by atoms with Crippen molar-refractivity contribution in [3.05, 3.63) is 351 Å². The van der Waals surface area contributed by atoms with Gasteiger partial charge in [-0.2, -0.15) is 0 Å². The highest BCUT2D eigenvalue weighted by molar-refractivity contribution is 7.00. The first kappa shape index (κ1) is 53.4. The fourth-order valence-corrected chi connectivity index (χ4v) is 16.6. The highest BCUT2D eigenvalue weighted by Gasteiger charge is 2.44. The first-order valence-electron chi connectivity index (χ1n) is 33.1. The Bertz CT molecular complexity index is 6080. The third-order valence-corrected chi connectivity index (χ3v) is 20.7. The van der Waals surface area contributed by atoms with Gasteiger partial charge in [0.05, 0.1) is 0 Å². The Kier molecular flexibility index (Phi) is 11.9. The highest BCUT2D eigenvalue weighted by atomic mass is 15.2. The van der Waals surface area contributed by atoms with Crippen LogP contribution in [0, 0.1) is 0 Å². The minimum atomic E-state index is -0.165. The molecule has 0 amide bonds. The molecule has 0 aliphatic carbocycles. The SMILES string of the molecule is c1ccc(-c2ccc3c(c2)B2c4ccc(N(c5ccccc5)c5ccccc5)cc4N(c4ccc5c6ccccc6c6ccccc6c5c4)c4cc(Cc5ccc6c7ccccc7c7ccccc7c6c5)cc(c42)N3c2ccc3c4ccccc4c4ccccc4c3c2)cc1. The standard InChI is InChI=1S/C91H58BN3/c1-4-22-60(23-5-1)61-41-49-87-86(54-61)92-85-48-44-66(93(62-24-6-2-7-25-62)63-26-8-3-9-27-63)57-88(85)95(65-43-47-81-75-36-15-12-30-69(75)72-33-18-21-39-78(72)84(81)56-65)90-53-59(50-58-40-45-79-73-34-13-10-28-67(73)70-31-16-19-37-76(70)82(79)51-58)52-89(91(90)92)94(87)64-42-46-80-74-35-14-11-29-68(74)71-32-17-20-38-77(71)83(80)55-64/h1-49,51-57H,50H2. The lowest BCUT2D eigenvalue weighted by Crippen LogP contribution is -2.61. The van der Waals surface area contributed by atoms with E-state index >= 15 is 0 Å². The number of benzene rings is 18. The summed E-state index contributed by atoms with van der Waals surface area (Å²) in [6.07, 6.45) is 0.703. The van der Waals surface area contributed by atoms with Crippen LogP contribution in [0.4, 0.5) is 51.2 Å². The molecule has 0 saturated heterocycles. The summed E-state index contributed by atoms with van der Waals surface area (Å²) >= 11 is 0. The summed E-state index contributed by atoms with van der Waals surface area (Å²) in [6, 6.07) is 128. The van der Waals surface area contributed by atoms with E-state index in [1.807, 2.05) is 0 Å². The molecule has 440 valence electrons. The minimum absolute atomic E-state index is 0.165. The highest BCUT2D eigenvalue weighted by Crippen LogP contribution is 2.50. The predicted molar refractivity (Wildman–Crippen MR) is 407 cm³/mol. The summed E-state index contributed by atoms with van der Waals surface area (Å²) in [5.41, 5.74) is 18.8. The zero-order valence-corrected chi connectivity index (χ0v) is 52.0. The largest absolute Gasteiger partial charge is 0.311 e. The summed E-state index contributed by atoms with van der Waals surface area (Å²) in [6.45, 7) is -0.165. The van der Waals surface area contributed by atoms with Gasteiger partial charge >= 0.3 is 0 Å². The van der Waals surface area contributed by atoms with Crippen molar-refractivity contribution in [3.63, 3.8) is 0 Å². The van der Waals surface area contributed by atoms with E-state index in [4.69, 9.17) is 0 Å². The molecule has 4 heteroatoms. The zero-order chi connectivity index (χ0) is 62.2. The Hall–Kier alpha value is -12.2. The maximum absolute atomic E-state index is 2.64. The molecule has 0 unspecified atom stereocenters. The molecule has 2 aliphatic heterocycles. The van der Waals surface area contributed by atoms with Gasteiger partial charge in [0.25, 0.3) is 6.71 Å². The lowest BCUT2D eigenvalue weighted by molar-refractivity contribution is 1.17. The molecular weight excluding hydrogens is 1150 g/mol. The van der Waals surface area contributed by atoms with Crippen LogP contribution in [0.2, 0.25) is 0 Å². The number of anilines is 9. The van der Waals surface area contributed by atoms with E-state index < -0.39 is 0 Å². The molecule has 0 bridgehead atoms. The Balaban J connectivity index is 0.902. The average molecular weight is 1200 g/mol. The third kappa shape index (κ3) is 8.27.